The summed E-state index contributed by atoms with van der Waals surface area (Å²) in [4.78, 5) is 0. The summed E-state index contributed by atoms with van der Waals surface area (Å²) in [5.74, 6) is 0. The second kappa shape index (κ2) is 20.4. The summed E-state index contributed by atoms with van der Waals surface area (Å²) in [6, 6.07) is 0. The normalized spacial score (nSPS) is 11.5. The summed E-state index contributed by atoms with van der Waals surface area (Å²) in [5.41, 5.74) is 0. The fourth-order valence-electron chi connectivity index (χ4n) is 3.05. The Kier molecular flexibility index (Phi) is 20.7. The molecule has 0 fully saturated rings. The van der Waals surface area contributed by atoms with Gasteiger partial charge < -0.3 is 9.05 Å². The van der Waals surface area contributed by atoms with E-state index in [4.69, 9.17) is 9.05 Å². The van der Waals surface area contributed by atoms with Gasteiger partial charge in [0.05, 0.1) is 0 Å². The topological polar surface area (TPSA) is 18.5 Å². The largest absolute Gasteiger partial charge is 0.337 e. The smallest absolute Gasteiger partial charge is 0.169 e. The van der Waals surface area contributed by atoms with Gasteiger partial charge in [-0.25, -0.2) is 0 Å². The molecular weight excluding hydrogens is 303 g/mol. The van der Waals surface area contributed by atoms with Crippen molar-refractivity contribution in [3.63, 3.8) is 0 Å². The average molecular weight is 347 g/mol. The minimum absolute atomic E-state index is 0.599. The van der Waals surface area contributed by atoms with E-state index in [0.29, 0.717) is 0 Å². The highest BCUT2D eigenvalue weighted by Gasteiger charge is 2.04. The van der Waals surface area contributed by atoms with Crippen molar-refractivity contribution in [3.8, 4) is 0 Å². The van der Waals surface area contributed by atoms with Gasteiger partial charge in [-0.2, -0.15) is 0 Å². The summed E-state index contributed by atoms with van der Waals surface area (Å²) < 4.78 is 10.5. The van der Waals surface area contributed by atoms with Crippen molar-refractivity contribution >= 4 is 8.38 Å². The van der Waals surface area contributed by atoms with E-state index in [9.17, 15) is 0 Å². The SMILES string of the molecule is CCCCCCCCCCCCCCCCCCP(OC)OC. The van der Waals surface area contributed by atoms with Crippen molar-refractivity contribution in [3.05, 3.63) is 0 Å². The standard InChI is InChI=1S/C20H43O2P/c1-4-5-6-7-8-9-10-11-12-13-14-15-16-17-18-19-20-23(21-2)22-3/h4-20H2,1-3H3. The van der Waals surface area contributed by atoms with E-state index in [2.05, 4.69) is 6.92 Å². The zero-order valence-electron chi connectivity index (χ0n) is 16.3. The van der Waals surface area contributed by atoms with Crippen molar-refractivity contribution in [2.45, 2.75) is 110 Å². The van der Waals surface area contributed by atoms with Crippen LogP contribution >= 0.6 is 8.38 Å². The molecule has 0 unspecified atom stereocenters. The van der Waals surface area contributed by atoms with Crippen molar-refractivity contribution < 1.29 is 9.05 Å². The second-order valence-electron chi connectivity index (χ2n) is 6.72. The van der Waals surface area contributed by atoms with Crippen LogP contribution in [0.3, 0.4) is 0 Å². The van der Waals surface area contributed by atoms with Gasteiger partial charge >= 0.3 is 0 Å². The first-order chi connectivity index (χ1) is 11.3. The third kappa shape index (κ3) is 18.5. The first-order valence-electron chi connectivity index (χ1n) is 10.2. The highest BCUT2D eigenvalue weighted by molar-refractivity contribution is 7.47. The molecule has 140 valence electrons. The van der Waals surface area contributed by atoms with E-state index in [1.807, 2.05) is 0 Å². The Hall–Kier alpha value is 0.350. The minimum Gasteiger partial charge on any atom is -0.337 e. The molecule has 0 bridgehead atoms. The fraction of sp³-hybridized carbons (Fsp3) is 1.00. The highest BCUT2D eigenvalue weighted by atomic mass is 31.2. The van der Waals surface area contributed by atoms with Crippen LogP contribution in [0.2, 0.25) is 0 Å². The molecule has 3 heteroatoms. The van der Waals surface area contributed by atoms with Gasteiger partial charge in [0.25, 0.3) is 0 Å². The van der Waals surface area contributed by atoms with Crippen LogP contribution in [0.4, 0.5) is 0 Å². The van der Waals surface area contributed by atoms with Crippen LogP contribution in [-0.4, -0.2) is 20.4 Å². The van der Waals surface area contributed by atoms with E-state index in [0.717, 1.165) is 6.16 Å². The minimum atomic E-state index is -0.599. The van der Waals surface area contributed by atoms with E-state index in [1.54, 1.807) is 14.2 Å². The lowest BCUT2D eigenvalue weighted by molar-refractivity contribution is 0.339. The predicted molar refractivity (Wildman–Crippen MR) is 105 cm³/mol. The molecule has 0 N–H and O–H groups in total. The summed E-state index contributed by atoms with van der Waals surface area (Å²) in [7, 11) is 2.90. The molecule has 0 aromatic carbocycles. The van der Waals surface area contributed by atoms with Gasteiger partial charge in [0.2, 0.25) is 0 Å². The van der Waals surface area contributed by atoms with Gasteiger partial charge in [0, 0.05) is 20.4 Å². The Morgan fingerprint density at radius 1 is 0.478 bits per heavy atom. The Balaban J connectivity index is 3.02. The fourth-order valence-corrected chi connectivity index (χ4v) is 4.04. The molecule has 0 spiro atoms. The van der Waals surface area contributed by atoms with Crippen LogP contribution in [0.25, 0.3) is 0 Å². The van der Waals surface area contributed by atoms with Crippen LogP contribution in [0.1, 0.15) is 110 Å². The van der Waals surface area contributed by atoms with E-state index >= 15 is 0 Å². The van der Waals surface area contributed by atoms with E-state index < -0.39 is 8.38 Å². The Morgan fingerprint density at radius 3 is 1.09 bits per heavy atom. The van der Waals surface area contributed by atoms with Crippen LogP contribution in [0, 0.1) is 0 Å². The molecule has 0 rings (SSSR count). The third-order valence-corrected chi connectivity index (χ3v) is 6.10. The molecule has 0 atom stereocenters. The first-order valence-corrected chi connectivity index (χ1v) is 11.6. The first kappa shape index (κ1) is 23.4. The molecule has 0 amide bonds. The highest BCUT2D eigenvalue weighted by Crippen LogP contribution is 2.36. The summed E-state index contributed by atoms with van der Waals surface area (Å²) in [6.45, 7) is 2.29. The lowest BCUT2D eigenvalue weighted by Gasteiger charge is -2.11. The number of hydrogen-bond donors (Lipinski definition) is 0. The maximum Gasteiger partial charge on any atom is 0.169 e. The maximum absolute atomic E-state index is 5.27. The lowest BCUT2D eigenvalue weighted by Crippen LogP contribution is -1.90. The molecule has 0 saturated carbocycles. The van der Waals surface area contributed by atoms with Crippen molar-refractivity contribution in [1.29, 1.82) is 0 Å². The Morgan fingerprint density at radius 2 is 0.783 bits per heavy atom. The molecule has 0 aliphatic heterocycles. The number of hydrogen-bond acceptors (Lipinski definition) is 2. The quantitative estimate of drug-likeness (QED) is 0.175. The van der Waals surface area contributed by atoms with Crippen LogP contribution in [-0.2, 0) is 9.05 Å². The van der Waals surface area contributed by atoms with Gasteiger partial charge in [-0.3, -0.25) is 0 Å². The summed E-state index contributed by atoms with van der Waals surface area (Å²) in [5, 5.41) is 0. The Labute approximate surface area is 148 Å². The summed E-state index contributed by atoms with van der Waals surface area (Å²) >= 11 is 0. The van der Waals surface area contributed by atoms with E-state index in [-0.39, 0.29) is 0 Å². The molecule has 23 heavy (non-hydrogen) atoms. The number of unbranched alkanes of at least 4 members (excludes halogenated alkanes) is 15. The van der Waals surface area contributed by atoms with Crippen molar-refractivity contribution in [2.24, 2.45) is 0 Å². The average Bonchev–Trinajstić information content (AvgIpc) is 2.58. The second-order valence-corrected chi connectivity index (χ2v) is 8.57. The monoisotopic (exact) mass is 346 g/mol. The van der Waals surface area contributed by atoms with Crippen LogP contribution in [0.15, 0.2) is 0 Å². The van der Waals surface area contributed by atoms with Crippen molar-refractivity contribution in [1.82, 2.24) is 0 Å². The van der Waals surface area contributed by atoms with Crippen LogP contribution in [0.5, 0.6) is 0 Å². The molecule has 0 aromatic heterocycles. The molecular formula is C20H43O2P. The Bertz CT molecular complexity index is 208. The van der Waals surface area contributed by atoms with Crippen molar-refractivity contribution in [2.75, 3.05) is 20.4 Å². The molecule has 0 aliphatic rings. The lowest BCUT2D eigenvalue weighted by atomic mass is 10.0. The molecule has 0 aliphatic carbocycles. The van der Waals surface area contributed by atoms with Crippen LogP contribution < -0.4 is 0 Å². The molecule has 0 saturated heterocycles. The molecule has 0 radical (unpaired) electrons. The van der Waals surface area contributed by atoms with E-state index in [1.165, 1.54) is 103 Å². The van der Waals surface area contributed by atoms with Gasteiger partial charge in [-0.1, -0.05) is 103 Å². The van der Waals surface area contributed by atoms with Gasteiger partial charge in [-0.15, -0.1) is 0 Å². The molecule has 0 aromatic rings. The summed E-state index contributed by atoms with van der Waals surface area (Å²) in [6.07, 6.45) is 23.8. The third-order valence-electron chi connectivity index (χ3n) is 4.60. The van der Waals surface area contributed by atoms with Gasteiger partial charge in [0.1, 0.15) is 0 Å². The zero-order chi connectivity index (χ0) is 17.0. The van der Waals surface area contributed by atoms with Gasteiger partial charge in [0.15, 0.2) is 8.38 Å². The number of rotatable bonds is 19. The molecule has 0 heterocycles. The molecule has 2 nitrogen and oxygen atoms in total. The predicted octanol–water partition coefficient (Wildman–Crippen LogP) is 7.85. The zero-order valence-corrected chi connectivity index (χ0v) is 17.2. The van der Waals surface area contributed by atoms with Gasteiger partial charge in [-0.05, 0) is 6.42 Å². The maximum atomic E-state index is 5.27.